The Hall–Kier alpha value is -1.04. The van der Waals surface area contributed by atoms with Crippen molar-refractivity contribution in [3.63, 3.8) is 0 Å². The summed E-state index contributed by atoms with van der Waals surface area (Å²) in [6.45, 7) is 11.1. The zero-order valence-corrected chi connectivity index (χ0v) is 23.4. The van der Waals surface area contributed by atoms with Gasteiger partial charge in [-0.05, 0) is 65.3 Å². The Morgan fingerprint density at radius 3 is 2.03 bits per heavy atom. The third kappa shape index (κ3) is 4.62. The zero-order valence-electron chi connectivity index (χ0n) is 20.3. The SMILES string of the molecule is Cc1cc2c(cc1C(=O)c1ccc(C3=C(O)CCCC3=O)cc1)C(C)(C)CCC2(C)C.[K]. The summed E-state index contributed by atoms with van der Waals surface area (Å²) in [6, 6.07) is 11.4. The molecule has 0 amide bonds. The van der Waals surface area contributed by atoms with Crippen LogP contribution in [0.1, 0.15) is 98.0 Å². The van der Waals surface area contributed by atoms with Gasteiger partial charge in [0.15, 0.2) is 11.6 Å². The van der Waals surface area contributed by atoms with E-state index in [9.17, 15) is 14.7 Å². The van der Waals surface area contributed by atoms with Crippen molar-refractivity contribution >= 4 is 68.5 Å². The smallest absolute Gasteiger partial charge is 0.193 e. The first kappa shape index (κ1) is 25.6. The minimum atomic E-state index is -0.0294. The van der Waals surface area contributed by atoms with Crippen LogP contribution in [0.15, 0.2) is 42.2 Å². The number of allylic oxidation sites excluding steroid dienone is 2. The molecule has 0 fully saturated rings. The number of Topliss-reactive ketones (excluding diaryl/α,β-unsaturated/α-hetero) is 1. The van der Waals surface area contributed by atoms with Crippen molar-refractivity contribution in [3.8, 4) is 0 Å². The van der Waals surface area contributed by atoms with E-state index in [4.69, 9.17) is 0 Å². The molecule has 2 aliphatic rings. The molecule has 2 aliphatic carbocycles. The number of carbonyl (C=O) groups is 2. The topological polar surface area (TPSA) is 54.4 Å². The van der Waals surface area contributed by atoms with Crippen LogP contribution < -0.4 is 0 Å². The Kier molecular flexibility index (Phi) is 7.44. The molecule has 0 saturated carbocycles. The van der Waals surface area contributed by atoms with Crippen LogP contribution in [0.5, 0.6) is 0 Å². The van der Waals surface area contributed by atoms with E-state index in [0.29, 0.717) is 36.0 Å². The Morgan fingerprint density at radius 1 is 0.906 bits per heavy atom. The molecule has 1 N–H and O–H groups in total. The van der Waals surface area contributed by atoms with Crippen LogP contribution in [0.2, 0.25) is 0 Å². The minimum absolute atomic E-state index is 0. The molecule has 0 saturated heterocycles. The summed E-state index contributed by atoms with van der Waals surface area (Å²) >= 11 is 0. The van der Waals surface area contributed by atoms with Gasteiger partial charge in [0.2, 0.25) is 0 Å². The van der Waals surface area contributed by atoms with Crippen LogP contribution in [0.4, 0.5) is 0 Å². The number of aliphatic hydroxyl groups is 1. The predicted octanol–water partition coefficient (Wildman–Crippen LogP) is 6.22. The van der Waals surface area contributed by atoms with E-state index in [1.165, 1.54) is 11.1 Å². The Bertz CT molecular complexity index is 1100. The van der Waals surface area contributed by atoms with E-state index in [1.54, 1.807) is 24.3 Å². The third-order valence-corrected chi connectivity index (χ3v) is 7.26. The van der Waals surface area contributed by atoms with Crippen LogP contribution in [0.25, 0.3) is 5.57 Å². The number of hydrogen-bond donors (Lipinski definition) is 1. The minimum Gasteiger partial charge on any atom is -0.512 e. The predicted molar refractivity (Wildman–Crippen MR) is 131 cm³/mol. The number of aliphatic hydroxyl groups excluding tert-OH is 1. The van der Waals surface area contributed by atoms with Gasteiger partial charge >= 0.3 is 0 Å². The largest absolute Gasteiger partial charge is 0.512 e. The maximum absolute atomic E-state index is 13.4. The van der Waals surface area contributed by atoms with Crippen LogP contribution in [0, 0.1) is 6.92 Å². The van der Waals surface area contributed by atoms with Crippen molar-refractivity contribution in [1.82, 2.24) is 0 Å². The third-order valence-electron chi connectivity index (χ3n) is 7.26. The molecule has 163 valence electrons. The van der Waals surface area contributed by atoms with Gasteiger partial charge in [-0.15, -0.1) is 0 Å². The molecule has 3 nitrogen and oxygen atoms in total. The summed E-state index contributed by atoms with van der Waals surface area (Å²) in [6.07, 6.45) is 3.92. The molecule has 4 heteroatoms. The zero-order chi connectivity index (χ0) is 22.6. The molecule has 1 radical (unpaired) electrons. The molecule has 0 spiro atoms. The molecular formula is C28H32KO3. The maximum atomic E-state index is 13.4. The number of ketones is 2. The summed E-state index contributed by atoms with van der Waals surface area (Å²) in [5, 5.41) is 10.2. The van der Waals surface area contributed by atoms with E-state index in [1.807, 2.05) is 6.92 Å². The molecule has 0 atom stereocenters. The first-order chi connectivity index (χ1) is 14.5. The van der Waals surface area contributed by atoms with Crippen molar-refractivity contribution in [3.05, 3.63) is 75.5 Å². The van der Waals surface area contributed by atoms with Crippen LogP contribution in [-0.2, 0) is 15.6 Å². The number of aryl methyl sites for hydroxylation is 1. The number of rotatable bonds is 3. The Morgan fingerprint density at radius 2 is 1.47 bits per heavy atom. The fourth-order valence-electron chi connectivity index (χ4n) is 5.07. The molecule has 0 aromatic heterocycles. The summed E-state index contributed by atoms with van der Waals surface area (Å²) < 4.78 is 0. The van der Waals surface area contributed by atoms with Gasteiger partial charge in [0.25, 0.3) is 0 Å². The van der Waals surface area contributed by atoms with Crippen molar-refractivity contribution < 1.29 is 14.7 Å². The van der Waals surface area contributed by atoms with Gasteiger partial charge in [-0.3, -0.25) is 9.59 Å². The summed E-state index contributed by atoms with van der Waals surface area (Å²) in [7, 11) is 0. The van der Waals surface area contributed by atoms with Crippen molar-refractivity contribution in [1.29, 1.82) is 0 Å². The van der Waals surface area contributed by atoms with E-state index < -0.39 is 0 Å². The maximum Gasteiger partial charge on any atom is 0.193 e. The standard InChI is InChI=1S/C28H32O3.K/c1-17-15-21-22(28(4,5)14-13-27(21,2)3)16-20(17)26(31)19-11-9-18(10-12-19)25-23(29)7-6-8-24(25)30;/h9-12,15-16,29H,6-8,13-14H2,1-5H3;. The summed E-state index contributed by atoms with van der Waals surface area (Å²) in [5.74, 6) is 0.128. The average Bonchev–Trinajstić information content (AvgIpc) is 2.71. The van der Waals surface area contributed by atoms with Crippen molar-refractivity contribution in [2.24, 2.45) is 0 Å². The second kappa shape index (κ2) is 9.30. The second-order valence-corrected chi connectivity index (χ2v) is 10.5. The number of hydrogen-bond acceptors (Lipinski definition) is 3. The second-order valence-electron chi connectivity index (χ2n) is 10.5. The van der Waals surface area contributed by atoms with Crippen LogP contribution in [-0.4, -0.2) is 68.1 Å². The van der Waals surface area contributed by atoms with Gasteiger partial charge in [-0.25, -0.2) is 0 Å². The van der Waals surface area contributed by atoms with Crippen molar-refractivity contribution in [2.45, 2.75) is 77.6 Å². The molecule has 0 unspecified atom stereocenters. The molecular weight excluding hydrogens is 423 g/mol. The first-order valence-electron chi connectivity index (χ1n) is 11.3. The van der Waals surface area contributed by atoms with Crippen molar-refractivity contribution in [2.75, 3.05) is 0 Å². The normalized spacial score (nSPS) is 19.2. The monoisotopic (exact) mass is 455 g/mol. The number of carbonyl (C=O) groups excluding carboxylic acids is 2. The summed E-state index contributed by atoms with van der Waals surface area (Å²) in [4.78, 5) is 25.7. The quantitative estimate of drug-likeness (QED) is 0.442. The average molecular weight is 456 g/mol. The molecule has 0 heterocycles. The molecule has 0 bridgehead atoms. The Labute approximate surface area is 234 Å². The summed E-state index contributed by atoms with van der Waals surface area (Å²) in [5.41, 5.74) is 6.22. The van der Waals surface area contributed by atoms with E-state index in [2.05, 4.69) is 39.8 Å². The van der Waals surface area contributed by atoms with Gasteiger partial charge in [0, 0.05) is 75.4 Å². The van der Waals surface area contributed by atoms with E-state index in [-0.39, 0.29) is 79.5 Å². The number of fused-ring (bicyclic) bond motifs is 1. The fraction of sp³-hybridized carbons (Fsp3) is 0.429. The van der Waals surface area contributed by atoms with Gasteiger partial charge in [0.05, 0.1) is 5.57 Å². The van der Waals surface area contributed by atoms with Crippen LogP contribution >= 0.6 is 0 Å². The molecule has 32 heavy (non-hydrogen) atoms. The van der Waals surface area contributed by atoms with E-state index >= 15 is 0 Å². The first-order valence-corrected chi connectivity index (χ1v) is 11.3. The number of benzene rings is 2. The van der Waals surface area contributed by atoms with E-state index in [0.717, 1.165) is 24.0 Å². The molecule has 0 aliphatic heterocycles. The van der Waals surface area contributed by atoms with Gasteiger partial charge < -0.3 is 5.11 Å². The fourth-order valence-corrected chi connectivity index (χ4v) is 5.07. The molecule has 4 rings (SSSR count). The van der Waals surface area contributed by atoms with Crippen LogP contribution in [0.3, 0.4) is 0 Å². The van der Waals surface area contributed by atoms with Gasteiger partial charge in [-0.2, -0.15) is 0 Å². The molecule has 2 aromatic carbocycles. The van der Waals surface area contributed by atoms with Gasteiger partial charge in [-0.1, -0.05) is 58.0 Å². The van der Waals surface area contributed by atoms with Gasteiger partial charge in [0.1, 0.15) is 5.76 Å². The molecule has 2 aromatic rings. The Balaban J connectivity index is 0.00000289.